The minimum absolute atomic E-state index is 0.0694. The summed E-state index contributed by atoms with van der Waals surface area (Å²) in [5.41, 5.74) is 5.43. The minimum Gasteiger partial charge on any atom is -0.493 e. The number of amides is 2. The molecular weight excluding hydrogens is 456 g/mol. The number of benzene rings is 2. The van der Waals surface area contributed by atoms with Crippen LogP contribution in [0.25, 0.3) is 28.2 Å². The van der Waals surface area contributed by atoms with Crippen LogP contribution in [0.4, 0.5) is 0 Å². The predicted molar refractivity (Wildman–Crippen MR) is 139 cm³/mol. The standard InChI is InChI=1S/C28H28N4O4/c1-18(33)29-14-19-5-4-6-21(11-19)23-13-24-22(16-31-28(24)32-17-23)8-10-27(34)30-15-20-7-9-25(35-2)26(12-20)36-3/h4-13,16-17H,14-15H2,1-3H3,(H,29,33)(H,30,34)(H,31,32)/b10-8+. The van der Waals surface area contributed by atoms with Gasteiger partial charge in [-0.25, -0.2) is 4.98 Å². The maximum Gasteiger partial charge on any atom is 0.244 e. The molecule has 0 atom stereocenters. The largest absolute Gasteiger partial charge is 0.493 e. The first-order chi connectivity index (χ1) is 17.5. The van der Waals surface area contributed by atoms with Crippen molar-refractivity contribution in [2.45, 2.75) is 20.0 Å². The van der Waals surface area contributed by atoms with Crippen molar-refractivity contribution in [1.82, 2.24) is 20.6 Å². The van der Waals surface area contributed by atoms with Gasteiger partial charge in [-0.05, 0) is 47.0 Å². The van der Waals surface area contributed by atoms with Gasteiger partial charge in [0, 0.05) is 55.0 Å². The SMILES string of the molecule is COc1ccc(CNC(=O)/C=C/c2c[nH]c3ncc(-c4cccc(CNC(C)=O)c4)cc23)cc1OC. The van der Waals surface area contributed by atoms with Gasteiger partial charge in [0.2, 0.25) is 11.8 Å². The van der Waals surface area contributed by atoms with E-state index in [1.165, 1.54) is 13.0 Å². The summed E-state index contributed by atoms with van der Waals surface area (Å²) in [5, 5.41) is 6.61. The fourth-order valence-corrected chi connectivity index (χ4v) is 3.81. The van der Waals surface area contributed by atoms with Gasteiger partial charge in [-0.2, -0.15) is 0 Å². The summed E-state index contributed by atoms with van der Waals surface area (Å²) in [6, 6.07) is 15.5. The Hall–Kier alpha value is -4.59. The number of carbonyl (C=O) groups is 2. The van der Waals surface area contributed by atoms with Gasteiger partial charge >= 0.3 is 0 Å². The molecule has 0 radical (unpaired) electrons. The highest BCUT2D eigenvalue weighted by Gasteiger charge is 2.08. The first-order valence-corrected chi connectivity index (χ1v) is 11.4. The quantitative estimate of drug-likeness (QED) is 0.309. The number of nitrogens with one attached hydrogen (secondary N) is 3. The Morgan fingerprint density at radius 2 is 1.72 bits per heavy atom. The average molecular weight is 485 g/mol. The van der Waals surface area contributed by atoms with E-state index in [0.717, 1.165) is 38.9 Å². The molecule has 4 rings (SSSR count). The van der Waals surface area contributed by atoms with E-state index in [-0.39, 0.29) is 11.8 Å². The van der Waals surface area contributed by atoms with Crippen LogP contribution in [-0.4, -0.2) is 36.0 Å². The van der Waals surface area contributed by atoms with Crippen molar-refractivity contribution in [3.63, 3.8) is 0 Å². The number of H-pyrrole nitrogens is 1. The number of methoxy groups -OCH3 is 2. The Balaban J connectivity index is 1.46. The monoisotopic (exact) mass is 484 g/mol. The third-order valence-corrected chi connectivity index (χ3v) is 5.69. The number of hydrogen-bond donors (Lipinski definition) is 3. The maximum absolute atomic E-state index is 12.5. The first kappa shape index (κ1) is 24.5. The number of hydrogen-bond acceptors (Lipinski definition) is 5. The van der Waals surface area contributed by atoms with Crippen molar-refractivity contribution in [2.24, 2.45) is 0 Å². The molecular formula is C28H28N4O4. The predicted octanol–water partition coefficient (Wildman–Crippen LogP) is 4.21. The molecule has 0 spiro atoms. The second-order valence-corrected chi connectivity index (χ2v) is 8.21. The maximum atomic E-state index is 12.5. The molecule has 0 aliphatic rings. The van der Waals surface area contributed by atoms with E-state index in [2.05, 4.69) is 20.6 Å². The third-order valence-electron chi connectivity index (χ3n) is 5.69. The Morgan fingerprint density at radius 3 is 2.50 bits per heavy atom. The fourth-order valence-electron chi connectivity index (χ4n) is 3.81. The summed E-state index contributed by atoms with van der Waals surface area (Å²) in [6.45, 7) is 2.33. The number of fused-ring (bicyclic) bond motifs is 1. The zero-order valence-corrected chi connectivity index (χ0v) is 20.4. The highest BCUT2D eigenvalue weighted by molar-refractivity contribution is 5.96. The van der Waals surface area contributed by atoms with Gasteiger partial charge in [0.1, 0.15) is 5.65 Å². The number of nitrogens with zero attached hydrogens (tertiary/aromatic N) is 1. The van der Waals surface area contributed by atoms with Crippen molar-refractivity contribution >= 4 is 28.9 Å². The molecule has 8 nitrogen and oxygen atoms in total. The van der Waals surface area contributed by atoms with E-state index in [1.54, 1.807) is 26.5 Å². The van der Waals surface area contributed by atoms with E-state index >= 15 is 0 Å². The molecule has 0 fully saturated rings. The molecule has 0 saturated carbocycles. The number of aromatic amines is 1. The lowest BCUT2D eigenvalue weighted by atomic mass is 10.0. The van der Waals surface area contributed by atoms with Crippen LogP contribution in [0.5, 0.6) is 11.5 Å². The molecule has 4 aromatic rings. The minimum atomic E-state index is -0.214. The van der Waals surface area contributed by atoms with Crippen LogP contribution in [0.2, 0.25) is 0 Å². The van der Waals surface area contributed by atoms with Gasteiger partial charge in [-0.1, -0.05) is 24.3 Å². The zero-order chi connectivity index (χ0) is 25.5. The number of aromatic nitrogens is 2. The molecule has 2 aromatic carbocycles. The zero-order valence-electron chi connectivity index (χ0n) is 20.4. The second-order valence-electron chi connectivity index (χ2n) is 8.21. The Morgan fingerprint density at radius 1 is 0.944 bits per heavy atom. The molecule has 2 amide bonds. The molecule has 0 aliphatic heterocycles. The van der Waals surface area contributed by atoms with Crippen molar-refractivity contribution in [3.8, 4) is 22.6 Å². The van der Waals surface area contributed by atoms with Crippen molar-refractivity contribution in [3.05, 3.63) is 83.7 Å². The lowest BCUT2D eigenvalue weighted by Gasteiger charge is -2.09. The van der Waals surface area contributed by atoms with Gasteiger partial charge in [-0.15, -0.1) is 0 Å². The number of ether oxygens (including phenoxy) is 2. The van der Waals surface area contributed by atoms with Crippen LogP contribution < -0.4 is 20.1 Å². The van der Waals surface area contributed by atoms with Crippen LogP contribution in [0, 0.1) is 0 Å². The van der Waals surface area contributed by atoms with Crippen molar-refractivity contribution < 1.29 is 19.1 Å². The fraction of sp³-hybridized carbons (Fsp3) is 0.179. The lowest BCUT2D eigenvalue weighted by Crippen LogP contribution is -2.20. The van der Waals surface area contributed by atoms with E-state index in [4.69, 9.17) is 9.47 Å². The summed E-state index contributed by atoms with van der Waals surface area (Å²) in [4.78, 5) is 31.4. The van der Waals surface area contributed by atoms with E-state index in [0.29, 0.717) is 24.6 Å². The molecule has 8 heteroatoms. The van der Waals surface area contributed by atoms with Gasteiger partial charge in [0.25, 0.3) is 0 Å². The summed E-state index contributed by atoms with van der Waals surface area (Å²) in [7, 11) is 3.16. The molecule has 2 heterocycles. The van der Waals surface area contributed by atoms with Crippen LogP contribution in [0.3, 0.4) is 0 Å². The highest BCUT2D eigenvalue weighted by atomic mass is 16.5. The van der Waals surface area contributed by atoms with Crippen LogP contribution in [0.15, 0.2) is 67.0 Å². The lowest BCUT2D eigenvalue weighted by molar-refractivity contribution is -0.119. The Labute approximate surface area is 209 Å². The summed E-state index contributed by atoms with van der Waals surface area (Å²) < 4.78 is 10.6. The molecule has 2 aromatic heterocycles. The molecule has 0 saturated heterocycles. The summed E-state index contributed by atoms with van der Waals surface area (Å²) >= 11 is 0. The molecule has 36 heavy (non-hydrogen) atoms. The van der Waals surface area contributed by atoms with Gasteiger partial charge < -0.3 is 25.1 Å². The topological polar surface area (TPSA) is 105 Å². The van der Waals surface area contributed by atoms with Crippen molar-refractivity contribution in [1.29, 1.82) is 0 Å². The summed E-state index contributed by atoms with van der Waals surface area (Å²) in [6.07, 6.45) is 6.90. The van der Waals surface area contributed by atoms with Crippen LogP contribution in [-0.2, 0) is 22.7 Å². The normalized spacial score (nSPS) is 11.0. The van der Waals surface area contributed by atoms with Crippen LogP contribution in [0.1, 0.15) is 23.6 Å². The second kappa shape index (κ2) is 11.2. The average Bonchev–Trinajstić information content (AvgIpc) is 3.31. The highest BCUT2D eigenvalue weighted by Crippen LogP contribution is 2.28. The van der Waals surface area contributed by atoms with Crippen molar-refractivity contribution in [2.75, 3.05) is 14.2 Å². The first-order valence-electron chi connectivity index (χ1n) is 11.4. The van der Waals surface area contributed by atoms with E-state index in [9.17, 15) is 9.59 Å². The van der Waals surface area contributed by atoms with Gasteiger partial charge in [-0.3, -0.25) is 9.59 Å². The van der Waals surface area contributed by atoms with Gasteiger partial charge in [0.15, 0.2) is 11.5 Å². The molecule has 0 bridgehead atoms. The smallest absolute Gasteiger partial charge is 0.244 e. The van der Waals surface area contributed by atoms with E-state index in [1.807, 2.05) is 54.7 Å². The van der Waals surface area contributed by atoms with Gasteiger partial charge in [0.05, 0.1) is 14.2 Å². The molecule has 184 valence electrons. The molecule has 0 aliphatic carbocycles. The Kier molecular flexibility index (Phi) is 7.65. The molecule has 0 unspecified atom stereocenters. The van der Waals surface area contributed by atoms with E-state index < -0.39 is 0 Å². The summed E-state index contributed by atoms with van der Waals surface area (Å²) in [5.74, 6) is 0.968. The number of rotatable bonds is 9. The number of carbonyl (C=O) groups excluding carboxylic acids is 2. The van der Waals surface area contributed by atoms with Crippen LogP contribution >= 0.6 is 0 Å². The Bertz CT molecular complexity index is 1420. The number of pyridine rings is 1. The third kappa shape index (κ3) is 5.90. The molecule has 3 N–H and O–H groups in total.